The smallest absolute Gasteiger partial charge is 0.229 e. The lowest BCUT2D eigenvalue weighted by Gasteiger charge is -2.46. The molecule has 1 heterocycles. The van der Waals surface area contributed by atoms with E-state index in [0.717, 1.165) is 30.0 Å². The summed E-state index contributed by atoms with van der Waals surface area (Å²) in [5.74, 6) is 1.14. The first-order chi connectivity index (χ1) is 12.6. The van der Waals surface area contributed by atoms with Crippen LogP contribution in [0.25, 0.3) is 0 Å². The molecule has 1 aromatic carbocycles. The number of amides is 1. The first-order valence-electron chi connectivity index (χ1n) is 10.4. The molecule has 4 heteroatoms. The summed E-state index contributed by atoms with van der Waals surface area (Å²) in [5.41, 5.74) is 2.82. The van der Waals surface area contributed by atoms with Gasteiger partial charge in [-0.15, -0.1) is 0 Å². The van der Waals surface area contributed by atoms with Crippen LogP contribution in [0.1, 0.15) is 69.8 Å². The standard InChI is InChI=1S/C22H31BrN2O/c1-2-3-13-25-14-17(20-18(23)5-4-6-19(20)25)21(26)24-15-22-10-7-16(8-11-22)9-12-22/h4-6,16-17H,2-3,7-15H2,1H3,(H,24,26). The predicted molar refractivity (Wildman–Crippen MR) is 111 cm³/mol. The van der Waals surface area contributed by atoms with Crippen LogP contribution < -0.4 is 10.2 Å². The fourth-order valence-electron chi connectivity index (χ4n) is 5.33. The summed E-state index contributed by atoms with van der Waals surface area (Å²) >= 11 is 3.70. The zero-order valence-corrected chi connectivity index (χ0v) is 17.5. The van der Waals surface area contributed by atoms with Crippen molar-refractivity contribution in [3.05, 3.63) is 28.2 Å². The maximum atomic E-state index is 13.1. The van der Waals surface area contributed by atoms with E-state index in [4.69, 9.17) is 0 Å². The molecule has 1 aliphatic heterocycles. The molecule has 2 bridgehead atoms. The lowest BCUT2D eigenvalue weighted by atomic mass is 9.61. The van der Waals surface area contributed by atoms with Crippen LogP contribution in [0.5, 0.6) is 0 Å². The summed E-state index contributed by atoms with van der Waals surface area (Å²) in [6, 6.07) is 6.33. The van der Waals surface area contributed by atoms with Crippen molar-refractivity contribution >= 4 is 27.5 Å². The Labute approximate surface area is 166 Å². The highest BCUT2D eigenvalue weighted by atomic mass is 79.9. The molecule has 4 aliphatic rings. The van der Waals surface area contributed by atoms with Gasteiger partial charge in [0.2, 0.25) is 5.91 Å². The van der Waals surface area contributed by atoms with Crippen molar-refractivity contribution in [2.75, 3.05) is 24.5 Å². The molecule has 1 aromatic rings. The van der Waals surface area contributed by atoms with E-state index in [1.165, 1.54) is 62.6 Å². The molecule has 1 N–H and O–H groups in total. The van der Waals surface area contributed by atoms with Crippen molar-refractivity contribution in [1.82, 2.24) is 5.32 Å². The monoisotopic (exact) mass is 418 g/mol. The van der Waals surface area contributed by atoms with Crippen LogP contribution in [-0.2, 0) is 4.79 Å². The van der Waals surface area contributed by atoms with Gasteiger partial charge in [0, 0.05) is 35.4 Å². The van der Waals surface area contributed by atoms with E-state index in [9.17, 15) is 4.79 Å². The van der Waals surface area contributed by atoms with Gasteiger partial charge in [-0.05, 0) is 68.4 Å². The Morgan fingerprint density at radius 1 is 1.27 bits per heavy atom. The van der Waals surface area contributed by atoms with Gasteiger partial charge < -0.3 is 10.2 Å². The van der Waals surface area contributed by atoms with Crippen molar-refractivity contribution in [3.63, 3.8) is 0 Å². The molecule has 5 rings (SSSR count). The molecule has 142 valence electrons. The Kier molecular flexibility index (Phi) is 5.31. The van der Waals surface area contributed by atoms with E-state index in [1.807, 2.05) is 0 Å². The molecule has 3 saturated carbocycles. The number of carbonyl (C=O) groups excluding carboxylic acids is 1. The minimum Gasteiger partial charge on any atom is -0.370 e. The summed E-state index contributed by atoms with van der Waals surface area (Å²) in [7, 11) is 0. The maximum absolute atomic E-state index is 13.1. The van der Waals surface area contributed by atoms with Crippen molar-refractivity contribution in [2.45, 2.75) is 64.2 Å². The fraction of sp³-hybridized carbons (Fsp3) is 0.682. The third-order valence-electron chi connectivity index (χ3n) is 7.11. The zero-order chi connectivity index (χ0) is 18.1. The molecule has 0 radical (unpaired) electrons. The summed E-state index contributed by atoms with van der Waals surface area (Å²) in [6.07, 6.45) is 10.4. The average molecular weight is 419 g/mol. The Morgan fingerprint density at radius 2 is 2.00 bits per heavy atom. The Balaban J connectivity index is 1.46. The van der Waals surface area contributed by atoms with Gasteiger partial charge in [0.1, 0.15) is 0 Å². The van der Waals surface area contributed by atoms with Crippen LogP contribution in [0.15, 0.2) is 22.7 Å². The lowest BCUT2D eigenvalue weighted by Crippen LogP contribution is -2.45. The molecular weight excluding hydrogens is 388 g/mol. The van der Waals surface area contributed by atoms with Gasteiger partial charge in [-0.25, -0.2) is 0 Å². The van der Waals surface area contributed by atoms with Gasteiger partial charge in [0.25, 0.3) is 0 Å². The molecule has 1 unspecified atom stereocenters. The summed E-state index contributed by atoms with van der Waals surface area (Å²) in [5, 5.41) is 3.37. The molecule has 1 atom stereocenters. The first-order valence-corrected chi connectivity index (χ1v) is 11.2. The van der Waals surface area contributed by atoms with Crippen molar-refractivity contribution in [2.24, 2.45) is 11.3 Å². The van der Waals surface area contributed by atoms with Crippen LogP contribution in [0, 0.1) is 11.3 Å². The third-order valence-corrected chi connectivity index (χ3v) is 7.80. The molecule has 3 aliphatic carbocycles. The zero-order valence-electron chi connectivity index (χ0n) is 15.9. The van der Waals surface area contributed by atoms with Crippen molar-refractivity contribution < 1.29 is 4.79 Å². The van der Waals surface area contributed by atoms with Gasteiger partial charge in [-0.3, -0.25) is 4.79 Å². The normalized spacial score (nSPS) is 29.7. The molecule has 26 heavy (non-hydrogen) atoms. The minimum atomic E-state index is -0.0474. The number of hydrogen-bond acceptors (Lipinski definition) is 2. The largest absolute Gasteiger partial charge is 0.370 e. The van der Waals surface area contributed by atoms with E-state index in [-0.39, 0.29) is 11.8 Å². The highest BCUT2D eigenvalue weighted by molar-refractivity contribution is 9.10. The maximum Gasteiger partial charge on any atom is 0.229 e. The number of carbonyl (C=O) groups is 1. The number of rotatable bonds is 6. The third kappa shape index (κ3) is 3.42. The summed E-state index contributed by atoms with van der Waals surface area (Å²) in [6.45, 7) is 4.96. The molecule has 3 fully saturated rings. The van der Waals surface area contributed by atoms with Gasteiger partial charge in [-0.2, -0.15) is 0 Å². The molecule has 0 spiro atoms. The first kappa shape index (κ1) is 18.3. The second-order valence-electron chi connectivity index (χ2n) is 8.72. The lowest BCUT2D eigenvalue weighted by molar-refractivity contribution is -0.123. The molecule has 0 saturated heterocycles. The average Bonchev–Trinajstić information content (AvgIpc) is 3.06. The van der Waals surface area contributed by atoms with Crippen LogP contribution in [0.2, 0.25) is 0 Å². The minimum absolute atomic E-state index is 0.0474. The van der Waals surface area contributed by atoms with Gasteiger partial charge in [0.05, 0.1) is 5.92 Å². The van der Waals surface area contributed by atoms with Crippen molar-refractivity contribution in [1.29, 1.82) is 0 Å². The van der Waals surface area contributed by atoms with Crippen LogP contribution >= 0.6 is 15.9 Å². The Bertz CT molecular complexity index is 652. The number of unbranched alkanes of at least 4 members (excludes halogenated alkanes) is 1. The number of halogens is 1. The number of anilines is 1. The van der Waals surface area contributed by atoms with Crippen molar-refractivity contribution in [3.8, 4) is 0 Å². The number of nitrogens with zero attached hydrogens (tertiary/aromatic N) is 1. The number of fused-ring (bicyclic) bond motifs is 4. The molecular formula is C22H31BrN2O. The van der Waals surface area contributed by atoms with Gasteiger partial charge in [0.15, 0.2) is 0 Å². The second-order valence-corrected chi connectivity index (χ2v) is 9.58. The second kappa shape index (κ2) is 7.53. The van der Waals surface area contributed by atoms with E-state index in [2.05, 4.69) is 51.3 Å². The Hall–Kier alpha value is -1.03. The number of benzene rings is 1. The molecule has 0 aromatic heterocycles. The van der Waals surface area contributed by atoms with E-state index in [0.29, 0.717) is 5.41 Å². The number of nitrogens with one attached hydrogen (secondary N) is 1. The van der Waals surface area contributed by atoms with E-state index in [1.54, 1.807) is 0 Å². The molecule has 1 amide bonds. The molecule has 3 nitrogen and oxygen atoms in total. The number of hydrogen-bond donors (Lipinski definition) is 1. The fourth-order valence-corrected chi connectivity index (χ4v) is 5.97. The summed E-state index contributed by atoms with van der Waals surface area (Å²) in [4.78, 5) is 15.5. The van der Waals surface area contributed by atoms with Gasteiger partial charge >= 0.3 is 0 Å². The Morgan fingerprint density at radius 3 is 2.69 bits per heavy atom. The summed E-state index contributed by atoms with van der Waals surface area (Å²) < 4.78 is 1.07. The van der Waals surface area contributed by atoms with E-state index < -0.39 is 0 Å². The van der Waals surface area contributed by atoms with Crippen LogP contribution in [0.3, 0.4) is 0 Å². The van der Waals surface area contributed by atoms with E-state index >= 15 is 0 Å². The topological polar surface area (TPSA) is 32.3 Å². The van der Waals surface area contributed by atoms with Crippen LogP contribution in [-0.4, -0.2) is 25.5 Å². The van der Waals surface area contributed by atoms with Crippen LogP contribution in [0.4, 0.5) is 5.69 Å². The van der Waals surface area contributed by atoms with Gasteiger partial charge in [-0.1, -0.05) is 35.3 Å². The highest BCUT2D eigenvalue weighted by Gasteiger charge is 2.41. The predicted octanol–water partition coefficient (Wildman–Crippen LogP) is 5.24. The highest BCUT2D eigenvalue weighted by Crippen LogP contribution is 2.50. The quantitative estimate of drug-likeness (QED) is 0.684. The SMILES string of the molecule is CCCCN1CC(C(=O)NCC23CCC(CC2)CC3)c2c(Br)cccc21.